The maximum Gasteiger partial charge on any atom is 0.317 e. The van der Waals surface area contributed by atoms with Crippen molar-refractivity contribution in [2.45, 2.75) is 52.4 Å². The van der Waals surface area contributed by atoms with Crippen molar-refractivity contribution in [3.05, 3.63) is 33.8 Å². The zero-order valence-electron chi connectivity index (χ0n) is 14.2. The molecule has 2 nitrogen and oxygen atoms in total. The third kappa shape index (κ3) is 2.68. The fourth-order valence-corrected chi connectivity index (χ4v) is 5.26. The smallest absolute Gasteiger partial charge is 0.317 e. The Bertz CT molecular complexity index is 651. The molecule has 4 heteroatoms. The standard InChI is InChI=1S/C19H24Cl2O2/c1-17(2)7-8-19(12-5-6-13(20)14(21)9-12)15(10-23-16(19)22)18(3,4)11-17/h5-6,9,15H,7-8,10-11H2,1-4H3. The summed E-state index contributed by atoms with van der Waals surface area (Å²) in [6.07, 6.45) is 2.86. The average Bonchev–Trinajstić information content (AvgIpc) is 2.73. The van der Waals surface area contributed by atoms with Crippen molar-refractivity contribution in [3.63, 3.8) is 0 Å². The number of carbonyl (C=O) groups is 1. The van der Waals surface area contributed by atoms with E-state index in [-0.39, 0.29) is 22.7 Å². The molecule has 2 aliphatic rings. The minimum Gasteiger partial charge on any atom is -0.465 e. The highest BCUT2D eigenvalue weighted by molar-refractivity contribution is 6.42. The largest absolute Gasteiger partial charge is 0.465 e. The summed E-state index contributed by atoms with van der Waals surface area (Å²) in [5.74, 6) is 0.0492. The van der Waals surface area contributed by atoms with E-state index in [0.29, 0.717) is 16.7 Å². The van der Waals surface area contributed by atoms with E-state index >= 15 is 0 Å². The number of benzene rings is 1. The lowest BCUT2D eigenvalue weighted by Gasteiger charge is -2.40. The first kappa shape index (κ1) is 17.1. The third-order valence-corrected chi connectivity index (χ3v) is 6.59. The molecule has 1 saturated heterocycles. The van der Waals surface area contributed by atoms with Crippen molar-refractivity contribution in [1.29, 1.82) is 0 Å². The molecular formula is C19H24Cl2O2. The summed E-state index contributed by atoms with van der Waals surface area (Å²) in [4.78, 5) is 12.9. The van der Waals surface area contributed by atoms with Crippen LogP contribution in [0.25, 0.3) is 0 Å². The second-order valence-electron chi connectivity index (χ2n) is 8.58. The first-order chi connectivity index (χ1) is 10.6. The fraction of sp³-hybridized carbons (Fsp3) is 0.632. The van der Waals surface area contributed by atoms with Crippen LogP contribution in [-0.4, -0.2) is 12.6 Å². The third-order valence-electron chi connectivity index (χ3n) is 5.85. The molecule has 1 heterocycles. The van der Waals surface area contributed by atoms with Crippen molar-refractivity contribution in [1.82, 2.24) is 0 Å². The Labute approximate surface area is 148 Å². The fourth-order valence-electron chi connectivity index (χ4n) is 4.96. The number of hydrogen-bond acceptors (Lipinski definition) is 2. The molecule has 0 amide bonds. The first-order valence-corrected chi connectivity index (χ1v) is 8.97. The van der Waals surface area contributed by atoms with Gasteiger partial charge in [-0.15, -0.1) is 0 Å². The Hall–Kier alpha value is -0.730. The van der Waals surface area contributed by atoms with Gasteiger partial charge >= 0.3 is 5.97 Å². The highest BCUT2D eigenvalue weighted by Crippen LogP contribution is 2.58. The van der Waals surface area contributed by atoms with E-state index < -0.39 is 5.41 Å². The van der Waals surface area contributed by atoms with Crippen LogP contribution >= 0.6 is 23.2 Å². The number of rotatable bonds is 1. The molecule has 1 aliphatic carbocycles. The number of esters is 1. The van der Waals surface area contributed by atoms with Crippen molar-refractivity contribution < 1.29 is 9.53 Å². The van der Waals surface area contributed by atoms with Crippen LogP contribution in [0.15, 0.2) is 18.2 Å². The number of cyclic esters (lactones) is 1. The van der Waals surface area contributed by atoms with E-state index in [1.165, 1.54) is 0 Å². The average molecular weight is 355 g/mol. The normalized spacial score (nSPS) is 32.1. The summed E-state index contributed by atoms with van der Waals surface area (Å²) in [5, 5.41) is 1.02. The Kier molecular flexibility index (Phi) is 4.01. The van der Waals surface area contributed by atoms with Crippen LogP contribution in [0.5, 0.6) is 0 Å². The van der Waals surface area contributed by atoms with Crippen LogP contribution in [0.1, 0.15) is 52.5 Å². The maximum absolute atomic E-state index is 12.9. The highest BCUT2D eigenvalue weighted by Gasteiger charge is 2.60. The molecule has 0 radical (unpaired) electrons. The summed E-state index contributed by atoms with van der Waals surface area (Å²) in [7, 11) is 0. The van der Waals surface area contributed by atoms with Crippen LogP contribution < -0.4 is 0 Å². The number of carbonyl (C=O) groups excluding carboxylic acids is 1. The molecular weight excluding hydrogens is 331 g/mol. The molecule has 1 saturated carbocycles. The molecule has 3 rings (SSSR count). The van der Waals surface area contributed by atoms with Gasteiger partial charge in [-0.25, -0.2) is 0 Å². The van der Waals surface area contributed by atoms with Crippen molar-refractivity contribution in [2.75, 3.05) is 6.61 Å². The molecule has 1 aromatic carbocycles. The Morgan fingerprint density at radius 2 is 1.78 bits per heavy atom. The molecule has 0 bridgehead atoms. The minimum atomic E-state index is -0.606. The van der Waals surface area contributed by atoms with E-state index in [2.05, 4.69) is 27.7 Å². The predicted octanol–water partition coefficient (Wildman–Crippen LogP) is 5.64. The Balaban J connectivity index is 2.18. The number of ether oxygens (including phenoxy) is 1. The minimum absolute atomic E-state index is 0.0122. The van der Waals surface area contributed by atoms with Crippen LogP contribution in [0.3, 0.4) is 0 Å². The van der Waals surface area contributed by atoms with Gasteiger partial charge in [0.25, 0.3) is 0 Å². The van der Waals surface area contributed by atoms with E-state index in [4.69, 9.17) is 27.9 Å². The SMILES string of the molecule is CC1(C)CCC2(c3ccc(Cl)c(Cl)c3)C(=O)OCC2C(C)(C)C1. The van der Waals surface area contributed by atoms with Gasteiger partial charge in [-0.1, -0.05) is 57.0 Å². The maximum atomic E-state index is 12.9. The Morgan fingerprint density at radius 1 is 1.09 bits per heavy atom. The molecule has 2 fully saturated rings. The van der Waals surface area contributed by atoms with Crippen LogP contribution in [0.2, 0.25) is 10.0 Å². The quantitative estimate of drug-likeness (QED) is 0.609. The molecule has 0 aromatic heterocycles. The molecule has 0 spiro atoms. The molecule has 23 heavy (non-hydrogen) atoms. The van der Waals surface area contributed by atoms with Gasteiger partial charge in [0.05, 0.1) is 22.1 Å². The molecule has 2 unspecified atom stereocenters. The predicted molar refractivity (Wildman–Crippen MR) is 94.0 cm³/mol. The number of fused-ring (bicyclic) bond motifs is 1. The van der Waals surface area contributed by atoms with Gasteiger partial charge in [0, 0.05) is 5.92 Å². The van der Waals surface area contributed by atoms with Gasteiger partial charge in [0.1, 0.15) is 0 Å². The second-order valence-corrected chi connectivity index (χ2v) is 9.40. The van der Waals surface area contributed by atoms with Crippen LogP contribution in [-0.2, 0) is 14.9 Å². The highest BCUT2D eigenvalue weighted by atomic mass is 35.5. The second kappa shape index (κ2) is 5.39. The lowest BCUT2D eigenvalue weighted by Crippen LogP contribution is -2.43. The van der Waals surface area contributed by atoms with Crippen molar-refractivity contribution in [2.24, 2.45) is 16.7 Å². The number of halogens is 2. The molecule has 126 valence electrons. The molecule has 0 N–H and O–H groups in total. The number of hydrogen-bond donors (Lipinski definition) is 0. The zero-order chi connectivity index (χ0) is 17.0. The van der Waals surface area contributed by atoms with Gasteiger partial charge in [-0.2, -0.15) is 0 Å². The van der Waals surface area contributed by atoms with Crippen molar-refractivity contribution >= 4 is 29.2 Å². The zero-order valence-corrected chi connectivity index (χ0v) is 15.7. The Morgan fingerprint density at radius 3 is 2.43 bits per heavy atom. The van der Waals surface area contributed by atoms with Crippen molar-refractivity contribution in [3.8, 4) is 0 Å². The van der Waals surface area contributed by atoms with Gasteiger partial charge in [-0.05, 0) is 47.8 Å². The molecule has 1 aliphatic heterocycles. The monoisotopic (exact) mass is 354 g/mol. The summed E-state index contributed by atoms with van der Waals surface area (Å²) < 4.78 is 5.57. The summed E-state index contributed by atoms with van der Waals surface area (Å²) in [6.45, 7) is 9.60. The summed E-state index contributed by atoms with van der Waals surface area (Å²) in [6, 6.07) is 5.60. The van der Waals surface area contributed by atoms with Gasteiger partial charge < -0.3 is 4.74 Å². The van der Waals surface area contributed by atoms with E-state index in [9.17, 15) is 4.79 Å². The lowest BCUT2D eigenvalue weighted by atomic mass is 9.60. The lowest BCUT2D eigenvalue weighted by molar-refractivity contribution is -0.143. The first-order valence-electron chi connectivity index (χ1n) is 8.21. The van der Waals surface area contributed by atoms with Gasteiger partial charge in [0.15, 0.2) is 0 Å². The van der Waals surface area contributed by atoms with Crippen LogP contribution in [0.4, 0.5) is 0 Å². The molecule has 2 atom stereocenters. The van der Waals surface area contributed by atoms with Gasteiger partial charge in [0.2, 0.25) is 0 Å². The van der Waals surface area contributed by atoms with E-state index in [1.807, 2.05) is 12.1 Å². The summed E-state index contributed by atoms with van der Waals surface area (Å²) in [5.41, 5.74) is 0.561. The molecule has 1 aromatic rings. The summed E-state index contributed by atoms with van der Waals surface area (Å²) >= 11 is 12.3. The van der Waals surface area contributed by atoms with Crippen LogP contribution in [0, 0.1) is 16.7 Å². The van der Waals surface area contributed by atoms with Gasteiger partial charge in [-0.3, -0.25) is 4.79 Å². The van der Waals surface area contributed by atoms with E-state index in [1.54, 1.807) is 6.07 Å². The topological polar surface area (TPSA) is 26.3 Å². The van der Waals surface area contributed by atoms with E-state index in [0.717, 1.165) is 24.8 Å².